The molecular weight excluding hydrogens is 288 g/mol. The molecule has 0 aromatic heterocycles. The number of hydrogen-bond donors (Lipinski definition) is 2. The van der Waals surface area contributed by atoms with Crippen LogP contribution in [0.15, 0.2) is 24.3 Å². The van der Waals surface area contributed by atoms with E-state index in [0.29, 0.717) is 19.1 Å². The number of sulfonamides is 1. The highest BCUT2D eigenvalue weighted by Gasteiger charge is 2.28. The van der Waals surface area contributed by atoms with Gasteiger partial charge in [-0.2, -0.15) is 0 Å². The van der Waals surface area contributed by atoms with E-state index in [0.717, 1.165) is 30.6 Å². The monoisotopic (exact) mass is 310 g/mol. The topological polar surface area (TPSA) is 67.4 Å². The van der Waals surface area contributed by atoms with Crippen molar-refractivity contribution in [1.82, 2.24) is 10.0 Å². The van der Waals surface area contributed by atoms with Gasteiger partial charge >= 0.3 is 0 Å². The van der Waals surface area contributed by atoms with Crippen molar-refractivity contribution in [2.24, 2.45) is 0 Å². The number of para-hydroxylation sites is 1. The molecule has 1 aliphatic heterocycles. The first-order chi connectivity index (χ1) is 10.0. The van der Waals surface area contributed by atoms with E-state index >= 15 is 0 Å². The summed E-state index contributed by atoms with van der Waals surface area (Å²) >= 11 is 0. The number of nitrogens with one attached hydrogen (secondary N) is 2. The minimum Gasteiger partial charge on any atom is -0.488 e. The number of hydrogen-bond acceptors (Lipinski definition) is 4. The molecular formula is C15H22N2O3S. The number of fused-ring (bicyclic) bond motifs is 1. The van der Waals surface area contributed by atoms with Crippen LogP contribution >= 0.6 is 0 Å². The standard InChI is InChI=1S/C15H22N2O3S/c1-11(9-16-13-6-7-13)21(18,19)17-10-14-8-12-4-2-3-5-15(12)20-14/h2-5,11,13-14,16-17H,6-10H2,1H3. The summed E-state index contributed by atoms with van der Waals surface area (Å²) in [6.07, 6.45) is 2.97. The predicted octanol–water partition coefficient (Wildman–Crippen LogP) is 1.05. The fourth-order valence-electron chi connectivity index (χ4n) is 2.45. The van der Waals surface area contributed by atoms with E-state index in [4.69, 9.17) is 4.74 Å². The highest BCUT2D eigenvalue weighted by molar-refractivity contribution is 7.90. The van der Waals surface area contributed by atoms with Crippen molar-refractivity contribution < 1.29 is 13.2 Å². The molecule has 2 aliphatic rings. The van der Waals surface area contributed by atoms with E-state index < -0.39 is 15.3 Å². The fraction of sp³-hybridized carbons (Fsp3) is 0.600. The summed E-state index contributed by atoms with van der Waals surface area (Å²) in [5, 5.41) is 2.83. The van der Waals surface area contributed by atoms with Crippen molar-refractivity contribution in [1.29, 1.82) is 0 Å². The Morgan fingerprint density at radius 3 is 2.81 bits per heavy atom. The lowest BCUT2D eigenvalue weighted by molar-refractivity contribution is 0.236. The van der Waals surface area contributed by atoms with E-state index in [1.165, 1.54) is 0 Å². The highest BCUT2D eigenvalue weighted by atomic mass is 32.2. The Balaban J connectivity index is 1.48. The molecule has 1 aromatic rings. The van der Waals surface area contributed by atoms with Crippen molar-refractivity contribution >= 4 is 10.0 Å². The molecule has 0 bridgehead atoms. The Hall–Kier alpha value is -1.11. The van der Waals surface area contributed by atoms with Crippen LogP contribution in [0, 0.1) is 0 Å². The number of ether oxygens (including phenoxy) is 1. The van der Waals surface area contributed by atoms with E-state index in [1.807, 2.05) is 24.3 Å². The largest absolute Gasteiger partial charge is 0.488 e. The second-order valence-corrected chi connectivity index (χ2v) is 8.12. The highest BCUT2D eigenvalue weighted by Crippen LogP contribution is 2.27. The lowest BCUT2D eigenvalue weighted by atomic mass is 10.1. The van der Waals surface area contributed by atoms with Gasteiger partial charge in [-0.25, -0.2) is 13.1 Å². The second-order valence-electron chi connectivity index (χ2n) is 5.94. The molecule has 1 fully saturated rings. The molecule has 0 spiro atoms. The Kier molecular flexibility index (Phi) is 4.19. The summed E-state index contributed by atoms with van der Waals surface area (Å²) in [4.78, 5) is 0. The van der Waals surface area contributed by atoms with Crippen LogP contribution in [0.3, 0.4) is 0 Å². The molecule has 0 amide bonds. The van der Waals surface area contributed by atoms with Gasteiger partial charge in [-0.3, -0.25) is 0 Å². The van der Waals surface area contributed by atoms with Gasteiger partial charge in [0, 0.05) is 25.6 Å². The van der Waals surface area contributed by atoms with Crippen LogP contribution in [0.5, 0.6) is 5.75 Å². The lowest BCUT2D eigenvalue weighted by Gasteiger charge is -2.17. The summed E-state index contributed by atoms with van der Waals surface area (Å²) in [5.41, 5.74) is 1.14. The molecule has 1 aromatic carbocycles. The summed E-state index contributed by atoms with van der Waals surface area (Å²) in [5.74, 6) is 0.866. The zero-order chi connectivity index (χ0) is 14.9. The Labute approximate surface area is 126 Å². The molecule has 2 atom stereocenters. The number of benzene rings is 1. The molecule has 116 valence electrons. The first-order valence-electron chi connectivity index (χ1n) is 7.51. The minimum absolute atomic E-state index is 0.110. The van der Waals surface area contributed by atoms with Crippen LogP contribution in [-0.4, -0.2) is 38.9 Å². The van der Waals surface area contributed by atoms with Crippen LogP contribution in [0.25, 0.3) is 0 Å². The van der Waals surface area contributed by atoms with Gasteiger partial charge in [-0.15, -0.1) is 0 Å². The molecule has 1 heterocycles. The zero-order valence-corrected chi connectivity index (χ0v) is 13.0. The van der Waals surface area contributed by atoms with Crippen LogP contribution in [0.4, 0.5) is 0 Å². The van der Waals surface area contributed by atoms with Crippen LogP contribution in [0.1, 0.15) is 25.3 Å². The van der Waals surface area contributed by atoms with Gasteiger partial charge in [0.1, 0.15) is 11.9 Å². The van der Waals surface area contributed by atoms with Crippen LogP contribution < -0.4 is 14.8 Å². The van der Waals surface area contributed by atoms with E-state index in [-0.39, 0.29) is 6.10 Å². The molecule has 6 heteroatoms. The molecule has 3 rings (SSSR count). The van der Waals surface area contributed by atoms with Gasteiger partial charge in [0.2, 0.25) is 10.0 Å². The molecule has 2 unspecified atom stereocenters. The maximum absolute atomic E-state index is 12.2. The van der Waals surface area contributed by atoms with Crippen molar-refractivity contribution in [3.63, 3.8) is 0 Å². The molecule has 0 radical (unpaired) electrons. The van der Waals surface area contributed by atoms with E-state index in [2.05, 4.69) is 10.0 Å². The summed E-state index contributed by atoms with van der Waals surface area (Å²) in [6.45, 7) is 2.57. The normalized spacial score (nSPS) is 22.6. The van der Waals surface area contributed by atoms with E-state index in [9.17, 15) is 8.42 Å². The minimum atomic E-state index is -3.30. The first kappa shape index (κ1) is 14.8. The quantitative estimate of drug-likeness (QED) is 0.790. The molecule has 1 aliphatic carbocycles. The average Bonchev–Trinajstić information content (AvgIpc) is 3.20. The van der Waals surface area contributed by atoms with Crippen molar-refractivity contribution in [3.8, 4) is 5.75 Å². The van der Waals surface area contributed by atoms with Gasteiger partial charge in [0.15, 0.2) is 0 Å². The van der Waals surface area contributed by atoms with Gasteiger partial charge < -0.3 is 10.1 Å². The average molecular weight is 310 g/mol. The number of rotatable bonds is 7. The van der Waals surface area contributed by atoms with Gasteiger partial charge in [0.25, 0.3) is 0 Å². The predicted molar refractivity (Wildman–Crippen MR) is 82.0 cm³/mol. The van der Waals surface area contributed by atoms with E-state index in [1.54, 1.807) is 6.92 Å². The van der Waals surface area contributed by atoms with Gasteiger partial charge in [0.05, 0.1) is 5.25 Å². The second kappa shape index (κ2) is 5.94. The van der Waals surface area contributed by atoms with Crippen molar-refractivity contribution in [2.75, 3.05) is 13.1 Å². The molecule has 1 saturated carbocycles. The third kappa shape index (κ3) is 3.75. The first-order valence-corrected chi connectivity index (χ1v) is 9.05. The third-order valence-electron chi connectivity index (χ3n) is 4.03. The van der Waals surface area contributed by atoms with Gasteiger partial charge in [-0.05, 0) is 31.4 Å². The molecule has 0 saturated heterocycles. The molecule has 2 N–H and O–H groups in total. The Bertz CT molecular complexity index is 574. The summed E-state index contributed by atoms with van der Waals surface area (Å²) in [6, 6.07) is 8.37. The smallest absolute Gasteiger partial charge is 0.215 e. The Morgan fingerprint density at radius 1 is 1.33 bits per heavy atom. The molecule has 5 nitrogen and oxygen atoms in total. The maximum atomic E-state index is 12.2. The Morgan fingerprint density at radius 2 is 2.10 bits per heavy atom. The lowest BCUT2D eigenvalue weighted by Crippen LogP contribution is -2.43. The fourth-order valence-corrected chi connectivity index (χ4v) is 3.47. The SMILES string of the molecule is CC(CNC1CC1)S(=O)(=O)NCC1Cc2ccccc2O1. The molecule has 21 heavy (non-hydrogen) atoms. The third-order valence-corrected chi connectivity index (χ3v) is 5.82. The summed E-state index contributed by atoms with van der Waals surface area (Å²) in [7, 11) is -3.30. The zero-order valence-electron chi connectivity index (χ0n) is 12.2. The maximum Gasteiger partial charge on any atom is 0.215 e. The summed E-state index contributed by atoms with van der Waals surface area (Å²) < 4.78 is 32.8. The van der Waals surface area contributed by atoms with Gasteiger partial charge in [-0.1, -0.05) is 18.2 Å². The van der Waals surface area contributed by atoms with Crippen LogP contribution in [0.2, 0.25) is 0 Å². The van der Waals surface area contributed by atoms with Crippen molar-refractivity contribution in [3.05, 3.63) is 29.8 Å². The van der Waals surface area contributed by atoms with Crippen molar-refractivity contribution in [2.45, 2.75) is 43.6 Å². The van der Waals surface area contributed by atoms with Crippen LogP contribution in [-0.2, 0) is 16.4 Å².